The van der Waals surface area contributed by atoms with Crippen molar-refractivity contribution in [1.82, 2.24) is 0 Å². The number of hydrogen-bond donors (Lipinski definition) is 0. The molecule has 0 saturated heterocycles. The molecule has 150 valence electrons. The number of allylic oxidation sites excluding steroid dienone is 6. The summed E-state index contributed by atoms with van der Waals surface area (Å²) >= 11 is 3.09. The van der Waals surface area contributed by atoms with Crippen LogP contribution in [0, 0.1) is 0 Å². The average molecular weight is 431 g/mol. The molecule has 0 N–H and O–H groups in total. The van der Waals surface area contributed by atoms with Crippen LogP contribution in [0.4, 0.5) is 0 Å². The van der Waals surface area contributed by atoms with Crippen LogP contribution in [0.25, 0.3) is 0 Å². The topological polar surface area (TPSA) is 34.1 Å². The zero-order valence-electron chi connectivity index (χ0n) is 17.0. The van der Waals surface area contributed by atoms with Crippen LogP contribution in [-0.2, 0) is 0 Å². The zero-order valence-corrected chi connectivity index (χ0v) is 18.6. The van der Waals surface area contributed by atoms with Gasteiger partial charge in [-0.15, -0.1) is 0 Å². The number of rotatable bonds is 5. The molecule has 0 bridgehead atoms. The van der Waals surface area contributed by atoms with Gasteiger partial charge in [-0.1, -0.05) is 84.2 Å². The second-order valence-corrected chi connectivity index (χ2v) is 9.23. The van der Waals surface area contributed by atoms with Crippen LogP contribution in [0.15, 0.2) is 92.5 Å². The fraction of sp³-hybridized carbons (Fsp3) is 0.154. The first kappa shape index (κ1) is 20.7. The highest BCUT2D eigenvalue weighted by molar-refractivity contribution is 8.03. The molecule has 0 amide bonds. The van der Waals surface area contributed by atoms with Crippen molar-refractivity contribution in [3.8, 4) is 0 Å². The number of carbonyl (C=O) groups excluding carboxylic acids is 2. The van der Waals surface area contributed by atoms with Crippen molar-refractivity contribution in [2.24, 2.45) is 0 Å². The minimum absolute atomic E-state index is 0.0675. The van der Waals surface area contributed by atoms with Crippen molar-refractivity contribution in [3.05, 3.63) is 105 Å². The van der Waals surface area contributed by atoms with Gasteiger partial charge in [0.2, 0.25) is 0 Å². The summed E-state index contributed by atoms with van der Waals surface area (Å²) in [7, 11) is 0. The summed E-state index contributed by atoms with van der Waals surface area (Å²) in [5, 5.41) is 0. The molecule has 4 rings (SSSR count). The summed E-state index contributed by atoms with van der Waals surface area (Å²) in [6, 6.07) is 11.1. The van der Waals surface area contributed by atoms with E-state index < -0.39 is 0 Å². The minimum Gasteiger partial charge on any atom is -0.289 e. The largest absolute Gasteiger partial charge is 0.289 e. The number of ketones is 2. The van der Waals surface area contributed by atoms with Gasteiger partial charge in [0.15, 0.2) is 11.6 Å². The van der Waals surface area contributed by atoms with E-state index in [-0.39, 0.29) is 11.6 Å². The van der Waals surface area contributed by atoms with Gasteiger partial charge in [0.25, 0.3) is 0 Å². The maximum absolute atomic E-state index is 13.7. The third-order valence-electron chi connectivity index (χ3n) is 5.03. The van der Waals surface area contributed by atoms with Gasteiger partial charge in [-0.2, -0.15) is 0 Å². The molecule has 2 nitrogen and oxygen atoms in total. The SMILES string of the molecule is C/C=C\C(=C/C)Sc1cccc2c1C(=O)c1c(SC3=CCCC=C3)cccc1C2=O. The van der Waals surface area contributed by atoms with E-state index in [1.807, 2.05) is 56.3 Å². The lowest BCUT2D eigenvalue weighted by Crippen LogP contribution is -2.22. The standard InChI is InChI=1S/C26H22O2S2/c1-3-10-17(4-2)29-21-15-8-13-19-23(21)26(28)24-20(25(19)27)14-9-16-22(24)30-18-11-6-5-7-12-18/h3-4,6,8-16H,5,7H2,1-2H3/b10-3-,17-4+. The lowest BCUT2D eigenvalue weighted by Gasteiger charge is -2.22. The molecule has 0 spiro atoms. The maximum atomic E-state index is 13.7. The first-order chi connectivity index (χ1) is 14.6. The molecule has 2 aromatic carbocycles. The third-order valence-corrected chi connectivity index (χ3v) is 7.29. The van der Waals surface area contributed by atoms with Gasteiger partial charge in [-0.05, 0) is 38.8 Å². The Labute approximate surface area is 185 Å². The van der Waals surface area contributed by atoms with Crippen molar-refractivity contribution in [3.63, 3.8) is 0 Å². The Morgan fingerprint density at radius 2 is 1.60 bits per heavy atom. The van der Waals surface area contributed by atoms with Gasteiger partial charge in [-0.25, -0.2) is 0 Å². The molecule has 0 fully saturated rings. The predicted molar refractivity (Wildman–Crippen MR) is 126 cm³/mol. The number of hydrogen-bond acceptors (Lipinski definition) is 4. The predicted octanol–water partition coefficient (Wildman–Crippen LogP) is 7.36. The van der Waals surface area contributed by atoms with Crippen LogP contribution in [0.2, 0.25) is 0 Å². The Balaban J connectivity index is 1.81. The van der Waals surface area contributed by atoms with Crippen molar-refractivity contribution >= 4 is 35.1 Å². The number of fused-ring (bicyclic) bond motifs is 2. The lowest BCUT2D eigenvalue weighted by atomic mass is 9.84. The molecular formula is C26H22O2S2. The molecule has 4 heteroatoms. The van der Waals surface area contributed by atoms with Crippen molar-refractivity contribution in [2.75, 3.05) is 0 Å². The molecular weight excluding hydrogens is 408 g/mol. The van der Waals surface area contributed by atoms with Gasteiger partial charge < -0.3 is 0 Å². The first-order valence-electron chi connectivity index (χ1n) is 10.0. The smallest absolute Gasteiger partial charge is 0.196 e. The molecule has 0 aromatic heterocycles. The Hall–Kier alpha value is -2.56. The minimum atomic E-state index is -0.0780. The highest BCUT2D eigenvalue weighted by atomic mass is 32.2. The van der Waals surface area contributed by atoms with Crippen LogP contribution in [0.1, 0.15) is 58.5 Å². The Morgan fingerprint density at radius 3 is 2.23 bits per heavy atom. The molecule has 0 saturated carbocycles. The summed E-state index contributed by atoms with van der Waals surface area (Å²) < 4.78 is 0. The van der Waals surface area contributed by atoms with E-state index >= 15 is 0 Å². The van der Waals surface area contributed by atoms with Crippen LogP contribution in [0.5, 0.6) is 0 Å². The van der Waals surface area contributed by atoms with Gasteiger partial charge in [0, 0.05) is 41.9 Å². The van der Waals surface area contributed by atoms with Crippen LogP contribution >= 0.6 is 23.5 Å². The van der Waals surface area contributed by atoms with Crippen LogP contribution in [-0.4, -0.2) is 11.6 Å². The van der Waals surface area contributed by atoms with Gasteiger partial charge >= 0.3 is 0 Å². The Bertz CT molecular complexity index is 1090. The zero-order chi connectivity index (χ0) is 21.1. The fourth-order valence-corrected chi connectivity index (χ4v) is 5.72. The molecule has 2 aromatic rings. The second kappa shape index (κ2) is 9.07. The summed E-state index contributed by atoms with van der Waals surface area (Å²) in [6.07, 6.45) is 14.5. The van der Waals surface area contributed by atoms with E-state index in [0.717, 1.165) is 32.4 Å². The summed E-state index contributed by atoms with van der Waals surface area (Å²) in [5.74, 6) is -0.146. The summed E-state index contributed by atoms with van der Waals surface area (Å²) in [4.78, 5) is 30.8. The molecule has 0 unspecified atom stereocenters. The van der Waals surface area contributed by atoms with E-state index in [2.05, 4.69) is 18.2 Å². The second-order valence-electron chi connectivity index (χ2n) is 7.00. The molecule has 30 heavy (non-hydrogen) atoms. The van der Waals surface area contributed by atoms with E-state index in [4.69, 9.17) is 0 Å². The van der Waals surface area contributed by atoms with Gasteiger partial charge in [-0.3, -0.25) is 9.59 Å². The molecule has 2 aliphatic rings. The lowest BCUT2D eigenvalue weighted by molar-refractivity contribution is 0.0974. The van der Waals surface area contributed by atoms with Gasteiger partial charge in [0.05, 0.1) is 0 Å². The van der Waals surface area contributed by atoms with Gasteiger partial charge in [0.1, 0.15) is 0 Å². The Kier molecular flexibility index (Phi) is 6.26. The molecule has 0 heterocycles. The quantitative estimate of drug-likeness (QED) is 0.313. The molecule has 0 aliphatic heterocycles. The normalized spacial score (nSPS) is 15.9. The maximum Gasteiger partial charge on any atom is 0.196 e. The van der Waals surface area contributed by atoms with Crippen molar-refractivity contribution in [2.45, 2.75) is 36.5 Å². The van der Waals surface area contributed by atoms with Crippen molar-refractivity contribution < 1.29 is 9.59 Å². The first-order valence-corrected chi connectivity index (χ1v) is 11.6. The van der Waals surface area contributed by atoms with E-state index in [1.54, 1.807) is 23.9 Å². The number of thioether (sulfide) groups is 2. The highest BCUT2D eigenvalue weighted by Crippen LogP contribution is 2.41. The third kappa shape index (κ3) is 3.90. The van der Waals surface area contributed by atoms with E-state index in [1.165, 1.54) is 11.8 Å². The summed E-state index contributed by atoms with van der Waals surface area (Å²) in [5.41, 5.74) is 2.04. The summed E-state index contributed by atoms with van der Waals surface area (Å²) in [6.45, 7) is 3.94. The average Bonchev–Trinajstić information content (AvgIpc) is 2.77. The van der Waals surface area contributed by atoms with Crippen LogP contribution in [0.3, 0.4) is 0 Å². The number of benzene rings is 2. The van der Waals surface area contributed by atoms with Crippen LogP contribution < -0.4 is 0 Å². The molecule has 0 atom stereocenters. The Morgan fingerprint density at radius 1 is 0.900 bits per heavy atom. The monoisotopic (exact) mass is 430 g/mol. The molecule has 2 aliphatic carbocycles. The van der Waals surface area contributed by atoms with E-state index in [0.29, 0.717) is 22.3 Å². The molecule has 0 radical (unpaired) electrons. The highest BCUT2D eigenvalue weighted by Gasteiger charge is 2.33. The number of carbonyl (C=O) groups is 2. The fourth-order valence-electron chi connectivity index (χ4n) is 3.62. The van der Waals surface area contributed by atoms with Crippen molar-refractivity contribution in [1.29, 1.82) is 0 Å². The van der Waals surface area contributed by atoms with E-state index in [9.17, 15) is 9.59 Å².